The summed E-state index contributed by atoms with van der Waals surface area (Å²) in [6.07, 6.45) is 5.91. The Morgan fingerprint density at radius 3 is 2.61 bits per heavy atom. The minimum absolute atomic E-state index is 0.120. The number of nitrogens with zero attached hydrogens (tertiary/aromatic N) is 4. The molecule has 4 rings (SSSR count). The van der Waals surface area contributed by atoms with Crippen LogP contribution in [0.15, 0.2) is 54.9 Å². The Bertz CT molecular complexity index is 1050. The van der Waals surface area contributed by atoms with Gasteiger partial charge in [0.25, 0.3) is 5.91 Å². The number of hydrogen-bond donors (Lipinski definition) is 1. The molecule has 0 aliphatic carbocycles. The first-order valence-corrected chi connectivity index (χ1v) is 10.7. The maximum atomic E-state index is 12.8. The number of hydrogen-bond acceptors (Lipinski definition) is 4. The molecule has 7 nitrogen and oxygen atoms in total. The lowest BCUT2D eigenvalue weighted by Crippen LogP contribution is -2.36. The van der Waals surface area contributed by atoms with E-state index in [2.05, 4.69) is 27.5 Å². The monoisotopic (exact) mass is 417 g/mol. The third kappa shape index (κ3) is 4.99. The van der Waals surface area contributed by atoms with Gasteiger partial charge >= 0.3 is 0 Å². The van der Waals surface area contributed by atoms with E-state index in [4.69, 9.17) is 0 Å². The highest BCUT2D eigenvalue weighted by atomic mass is 16.2. The highest BCUT2D eigenvalue weighted by Gasteiger charge is 2.26. The van der Waals surface area contributed by atoms with Gasteiger partial charge in [-0.15, -0.1) is 0 Å². The van der Waals surface area contributed by atoms with Crippen molar-refractivity contribution in [3.8, 4) is 0 Å². The van der Waals surface area contributed by atoms with Crippen LogP contribution in [-0.2, 0) is 37.6 Å². The van der Waals surface area contributed by atoms with Gasteiger partial charge in [-0.25, -0.2) is 0 Å². The van der Waals surface area contributed by atoms with E-state index in [-0.39, 0.29) is 11.8 Å². The minimum atomic E-state index is -0.120. The fourth-order valence-electron chi connectivity index (χ4n) is 4.04. The number of aryl methyl sites for hydroxylation is 2. The zero-order valence-electron chi connectivity index (χ0n) is 17.8. The molecule has 0 saturated carbocycles. The second-order valence-corrected chi connectivity index (χ2v) is 7.79. The normalized spacial score (nSPS) is 13.0. The van der Waals surface area contributed by atoms with Crippen molar-refractivity contribution < 1.29 is 9.59 Å². The molecule has 1 aliphatic rings. The number of amides is 2. The van der Waals surface area contributed by atoms with E-state index in [1.54, 1.807) is 24.5 Å². The summed E-state index contributed by atoms with van der Waals surface area (Å²) in [5.41, 5.74) is 5.03. The smallest absolute Gasteiger partial charge is 0.251 e. The Morgan fingerprint density at radius 2 is 1.84 bits per heavy atom. The average Bonchev–Trinajstić information content (AvgIpc) is 3.13. The molecule has 3 heterocycles. The molecular weight excluding hydrogens is 390 g/mol. The first kappa shape index (κ1) is 20.8. The van der Waals surface area contributed by atoms with Crippen LogP contribution in [0.3, 0.4) is 0 Å². The largest absolute Gasteiger partial charge is 0.352 e. The van der Waals surface area contributed by atoms with Crippen molar-refractivity contribution in [2.45, 2.75) is 32.2 Å². The summed E-state index contributed by atoms with van der Waals surface area (Å²) in [4.78, 5) is 30.9. The standard InChI is InChI=1S/C24H27N5O2/c1-28-22-12-16-29(23(30)8-7-18-5-3-2-4-6-18)17-20(22)21(27-28)11-15-26-24(31)19-9-13-25-14-10-19/h2-6,9-10,13-14H,7-8,11-12,15-17H2,1H3,(H,26,31). The summed E-state index contributed by atoms with van der Waals surface area (Å²) >= 11 is 0. The van der Waals surface area contributed by atoms with Crippen molar-refractivity contribution >= 4 is 11.8 Å². The molecule has 160 valence electrons. The molecule has 31 heavy (non-hydrogen) atoms. The topological polar surface area (TPSA) is 80.1 Å². The maximum absolute atomic E-state index is 12.8. The Kier molecular flexibility index (Phi) is 6.40. The molecule has 0 fully saturated rings. The lowest BCUT2D eigenvalue weighted by Gasteiger charge is -2.28. The molecule has 1 aliphatic heterocycles. The third-order valence-corrected chi connectivity index (χ3v) is 5.74. The predicted octanol–water partition coefficient (Wildman–Crippen LogP) is 2.31. The van der Waals surface area contributed by atoms with Crippen LogP contribution in [0.1, 0.15) is 39.3 Å². The van der Waals surface area contributed by atoms with E-state index in [0.717, 1.165) is 30.6 Å². The molecule has 1 aromatic carbocycles. The second-order valence-electron chi connectivity index (χ2n) is 7.79. The molecule has 0 bridgehead atoms. The highest BCUT2D eigenvalue weighted by Crippen LogP contribution is 2.23. The minimum Gasteiger partial charge on any atom is -0.352 e. The van der Waals surface area contributed by atoms with E-state index >= 15 is 0 Å². The summed E-state index contributed by atoms with van der Waals surface area (Å²) in [5, 5.41) is 7.61. The van der Waals surface area contributed by atoms with Crippen LogP contribution >= 0.6 is 0 Å². The van der Waals surface area contributed by atoms with Gasteiger partial charge in [-0.2, -0.15) is 5.10 Å². The van der Waals surface area contributed by atoms with Crippen LogP contribution in [0.2, 0.25) is 0 Å². The molecule has 1 N–H and O–H groups in total. The first-order valence-electron chi connectivity index (χ1n) is 10.7. The van der Waals surface area contributed by atoms with E-state index < -0.39 is 0 Å². The number of benzene rings is 1. The number of aromatic nitrogens is 3. The van der Waals surface area contributed by atoms with Crippen LogP contribution in [0.4, 0.5) is 0 Å². The molecule has 0 spiro atoms. The number of carbonyl (C=O) groups is 2. The van der Waals surface area contributed by atoms with Crippen molar-refractivity contribution in [1.29, 1.82) is 0 Å². The zero-order chi connectivity index (χ0) is 21.6. The lowest BCUT2D eigenvalue weighted by molar-refractivity contribution is -0.132. The second kappa shape index (κ2) is 9.55. The van der Waals surface area contributed by atoms with Gasteiger partial charge in [0.1, 0.15) is 0 Å². The van der Waals surface area contributed by atoms with Crippen LogP contribution in [0.25, 0.3) is 0 Å². The average molecular weight is 418 g/mol. The van der Waals surface area contributed by atoms with Crippen LogP contribution < -0.4 is 5.32 Å². The molecule has 0 saturated heterocycles. The molecule has 2 amide bonds. The van der Waals surface area contributed by atoms with Gasteiger partial charge in [-0.3, -0.25) is 19.3 Å². The zero-order valence-corrected chi connectivity index (χ0v) is 17.8. The Balaban J connectivity index is 1.35. The summed E-state index contributed by atoms with van der Waals surface area (Å²) in [5.74, 6) is 0.0558. The molecule has 2 aromatic heterocycles. The van der Waals surface area contributed by atoms with Gasteiger partial charge < -0.3 is 10.2 Å². The van der Waals surface area contributed by atoms with Gasteiger partial charge in [0, 0.05) is 75.2 Å². The summed E-state index contributed by atoms with van der Waals surface area (Å²) in [6, 6.07) is 13.5. The Labute approximate surface area is 182 Å². The van der Waals surface area contributed by atoms with Gasteiger partial charge in [0.2, 0.25) is 5.91 Å². The molecule has 0 unspecified atom stereocenters. The SMILES string of the molecule is Cn1nc(CCNC(=O)c2ccncc2)c2c1CCN(C(=O)CCc1ccccc1)C2. The third-order valence-electron chi connectivity index (χ3n) is 5.74. The predicted molar refractivity (Wildman–Crippen MR) is 117 cm³/mol. The van der Waals surface area contributed by atoms with E-state index in [1.807, 2.05) is 34.8 Å². The molecule has 3 aromatic rings. The molecule has 0 radical (unpaired) electrons. The lowest BCUT2D eigenvalue weighted by atomic mass is 10.0. The van der Waals surface area contributed by atoms with E-state index in [0.29, 0.717) is 31.5 Å². The summed E-state index contributed by atoms with van der Waals surface area (Å²) in [7, 11) is 1.95. The number of fused-ring (bicyclic) bond motifs is 1. The number of nitrogens with one attached hydrogen (secondary N) is 1. The number of pyridine rings is 1. The fourth-order valence-corrected chi connectivity index (χ4v) is 4.04. The fraction of sp³-hybridized carbons (Fsp3) is 0.333. The Morgan fingerprint density at radius 1 is 1.06 bits per heavy atom. The number of carbonyl (C=O) groups excluding carboxylic acids is 2. The van der Waals surface area contributed by atoms with Crippen molar-refractivity contribution in [3.05, 3.63) is 82.9 Å². The van der Waals surface area contributed by atoms with Crippen LogP contribution in [0, 0.1) is 0 Å². The van der Waals surface area contributed by atoms with Crippen LogP contribution in [0.5, 0.6) is 0 Å². The molecule has 0 atom stereocenters. The first-order chi connectivity index (χ1) is 15.1. The highest BCUT2D eigenvalue weighted by molar-refractivity contribution is 5.93. The van der Waals surface area contributed by atoms with Gasteiger partial charge in [0.15, 0.2) is 0 Å². The summed E-state index contributed by atoms with van der Waals surface area (Å²) < 4.78 is 1.92. The van der Waals surface area contributed by atoms with Crippen LogP contribution in [-0.4, -0.2) is 44.6 Å². The van der Waals surface area contributed by atoms with Gasteiger partial charge in [0.05, 0.1) is 5.69 Å². The van der Waals surface area contributed by atoms with Crippen molar-refractivity contribution in [1.82, 2.24) is 25.0 Å². The quantitative estimate of drug-likeness (QED) is 0.640. The van der Waals surface area contributed by atoms with Gasteiger partial charge in [-0.1, -0.05) is 30.3 Å². The van der Waals surface area contributed by atoms with Gasteiger partial charge in [-0.05, 0) is 24.1 Å². The van der Waals surface area contributed by atoms with Crippen molar-refractivity contribution in [2.24, 2.45) is 7.05 Å². The number of rotatable bonds is 7. The van der Waals surface area contributed by atoms with E-state index in [9.17, 15) is 9.59 Å². The summed E-state index contributed by atoms with van der Waals surface area (Å²) in [6.45, 7) is 1.80. The molecular formula is C24H27N5O2. The van der Waals surface area contributed by atoms with Crippen molar-refractivity contribution in [3.63, 3.8) is 0 Å². The molecule has 7 heteroatoms. The van der Waals surface area contributed by atoms with E-state index in [1.165, 1.54) is 11.3 Å². The Hall–Kier alpha value is -3.48. The maximum Gasteiger partial charge on any atom is 0.251 e. The van der Waals surface area contributed by atoms with Crippen molar-refractivity contribution in [2.75, 3.05) is 13.1 Å².